The first-order chi connectivity index (χ1) is 15.5. The highest BCUT2D eigenvalue weighted by Crippen LogP contribution is 2.32. The first-order valence-electron chi connectivity index (χ1n) is 9.02. The summed E-state index contributed by atoms with van der Waals surface area (Å²) in [7, 11) is 0. The van der Waals surface area contributed by atoms with Crippen molar-refractivity contribution in [1.29, 1.82) is 0 Å². The molecular formula is C20H10FN5O4S2. The average Bonchev–Trinajstić information content (AvgIpc) is 3.51. The van der Waals surface area contributed by atoms with Gasteiger partial charge in [-0.25, -0.2) is 14.4 Å². The molecule has 32 heavy (non-hydrogen) atoms. The van der Waals surface area contributed by atoms with Crippen LogP contribution in [-0.4, -0.2) is 27.0 Å². The first kappa shape index (κ1) is 19.9. The minimum atomic E-state index is -0.677. The molecule has 0 N–H and O–H groups in total. The summed E-state index contributed by atoms with van der Waals surface area (Å²) in [5.74, 6) is -1.36. The molecule has 0 saturated carbocycles. The second-order valence-electron chi connectivity index (χ2n) is 6.39. The number of carbonyl (C=O) groups excluding carboxylic acids is 1. The Bertz CT molecular complexity index is 1490. The zero-order chi connectivity index (χ0) is 22.2. The number of amides is 1. The Labute approximate surface area is 186 Å². The van der Waals surface area contributed by atoms with Crippen molar-refractivity contribution in [1.82, 2.24) is 9.97 Å². The minimum Gasteiger partial charge on any atom is -0.400 e. The molecule has 0 aliphatic carbocycles. The van der Waals surface area contributed by atoms with Gasteiger partial charge in [-0.15, -0.1) is 11.3 Å². The molecule has 0 unspecified atom stereocenters. The molecule has 1 amide bonds. The number of anilines is 1. The average molecular weight is 467 g/mol. The molecule has 0 spiro atoms. The van der Waals surface area contributed by atoms with Gasteiger partial charge in [0.1, 0.15) is 10.7 Å². The number of thiazole rings is 2. The quantitative estimate of drug-likeness (QED) is 0.199. The number of carbonyl (C=O) groups is 1. The second-order valence-corrected chi connectivity index (χ2v) is 8.43. The van der Waals surface area contributed by atoms with E-state index in [1.807, 2.05) is 18.2 Å². The van der Waals surface area contributed by atoms with E-state index in [-0.39, 0.29) is 15.9 Å². The van der Waals surface area contributed by atoms with Crippen molar-refractivity contribution < 1.29 is 18.5 Å². The number of nitrogens with zero attached hydrogens (tertiary/aromatic N) is 5. The second kappa shape index (κ2) is 7.90. The molecule has 0 atom stereocenters. The molecule has 0 radical (unpaired) electrons. The third-order valence-corrected chi connectivity index (χ3v) is 6.30. The lowest BCUT2D eigenvalue weighted by Crippen LogP contribution is -2.25. The van der Waals surface area contributed by atoms with Gasteiger partial charge in [-0.2, -0.15) is 10.1 Å². The predicted octanol–water partition coefficient (Wildman–Crippen LogP) is 5.23. The molecule has 2 aromatic carbocycles. The van der Waals surface area contributed by atoms with Gasteiger partial charge in [0.2, 0.25) is 5.13 Å². The van der Waals surface area contributed by atoms with Gasteiger partial charge in [0.05, 0.1) is 32.7 Å². The molecule has 158 valence electrons. The highest BCUT2D eigenvalue weighted by molar-refractivity contribution is 7.22. The van der Waals surface area contributed by atoms with Crippen LogP contribution in [0.3, 0.4) is 0 Å². The van der Waals surface area contributed by atoms with Crippen molar-refractivity contribution in [2.75, 3.05) is 5.01 Å². The fourth-order valence-electron chi connectivity index (χ4n) is 2.84. The van der Waals surface area contributed by atoms with E-state index in [9.17, 15) is 19.3 Å². The number of hydrogen-bond acceptors (Lipinski definition) is 9. The van der Waals surface area contributed by atoms with Crippen LogP contribution in [0, 0.1) is 15.9 Å². The lowest BCUT2D eigenvalue weighted by Gasteiger charge is -2.11. The summed E-state index contributed by atoms with van der Waals surface area (Å²) >= 11 is 2.27. The van der Waals surface area contributed by atoms with E-state index in [2.05, 4.69) is 15.1 Å². The smallest absolute Gasteiger partial charge is 0.400 e. The van der Waals surface area contributed by atoms with Crippen molar-refractivity contribution in [3.63, 3.8) is 0 Å². The number of halogens is 1. The van der Waals surface area contributed by atoms with Gasteiger partial charge >= 0.3 is 11.8 Å². The van der Waals surface area contributed by atoms with Crippen molar-refractivity contribution in [2.45, 2.75) is 0 Å². The van der Waals surface area contributed by atoms with Gasteiger partial charge in [-0.3, -0.25) is 14.9 Å². The third kappa shape index (κ3) is 3.72. The Morgan fingerprint density at radius 1 is 1.09 bits per heavy atom. The Hall–Kier alpha value is -4.03. The Balaban J connectivity index is 1.57. The molecule has 3 heterocycles. The molecule has 0 saturated heterocycles. The van der Waals surface area contributed by atoms with Crippen LogP contribution >= 0.6 is 22.7 Å². The number of furan rings is 1. The normalized spacial score (nSPS) is 11.5. The van der Waals surface area contributed by atoms with Crippen molar-refractivity contribution in [3.8, 4) is 0 Å². The lowest BCUT2D eigenvalue weighted by atomic mass is 10.3. The molecule has 3 aromatic heterocycles. The molecule has 0 aliphatic rings. The Kier molecular flexibility index (Phi) is 4.92. The fourth-order valence-corrected chi connectivity index (χ4v) is 4.68. The molecule has 5 rings (SSSR count). The van der Waals surface area contributed by atoms with E-state index in [0.29, 0.717) is 15.7 Å². The third-order valence-electron chi connectivity index (χ3n) is 4.28. The minimum absolute atomic E-state index is 0.0750. The summed E-state index contributed by atoms with van der Waals surface area (Å²) in [5.41, 5.74) is 1.16. The van der Waals surface area contributed by atoms with Crippen LogP contribution in [0.15, 0.2) is 64.1 Å². The summed E-state index contributed by atoms with van der Waals surface area (Å²) in [5, 5.41) is 16.4. The van der Waals surface area contributed by atoms with Gasteiger partial charge in [-0.1, -0.05) is 23.5 Å². The number of hydrogen-bond donors (Lipinski definition) is 0. The molecule has 12 heteroatoms. The number of hydrazone groups is 1. The zero-order valence-corrected chi connectivity index (χ0v) is 17.5. The fraction of sp³-hybridized carbons (Fsp3) is 0. The van der Waals surface area contributed by atoms with E-state index in [1.165, 1.54) is 47.9 Å². The summed E-state index contributed by atoms with van der Waals surface area (Å²) in [4.78, 5) is 32.2. The highest BCUT2D eigenvalue weighted by atomic mass is 32.1. The summed E-state index contributed by atoms with van der Waals surface area (Å²) < 4.78 is 20.1. The SMILES string of the molecule is O=C(c1nc2ccccc2s1)N(/N=C/c1ccc([N+](=O)[O-])o1)c1nc2ccc(F)cc2s1. The van der Waals surface area contributed by atoms with E-state index in [4.69, 9.17) is 4.42 Å². The molecule has 9 nitrogen and oxygen atoms in total. The van der Waals surface area contributed by atoms with Crippen molar-refractivity contribution in [3.05, 3.63) is 81.3 Å². The molecular weight excluding hydrogens is 457 g/mol. The number of aromatic nitrogens is 2. The lowest BCUT2D eigenvalue weighted by molar-refractivity contribution is -0.402. The van der Waals surface area contributed by atoms with Crippen LogP contribution in [0.1, 0.15) is 15.6 Å². The molecule has 0 aliphatic heterocycles. The number of rotatable bonds is 5. The summed E-state index contributed by atoms with van der Waals surface area (Å²) in [6.45, 7) is 0. The number of para-hydroxylation sites is 1. The van der Waals surface area contributed by atoms with Crippen LogP contribution in [-0.2, 0) is 0 Å². The van der Waals surface area contributed by atoms with Gasteiger partial charge in [0.15, 0.2) is 10.8 Å². The van der Waals surface area contributed by atoms with E-state index >= 15 is 0 Å². The number of nitro groups is 1. The maximum Gasteiger partial charge on any atom is 0.433 e. The van der Waals surface area contributed by atoms with Gasteiger partial charge in [0.25, 0.3) is 0 Å². The monoisotopic (exact) mass is 467 g/mol. The first-order valence-corrected chi connectivity index (χ1v) is 10.7. The number of fused-ring (bicyclic) bond motifs is 2. The van der Waals surface area contributed by atoms with Gasteiger partial charge in [-0.05, 0) is 36.4 Å². The number of benzene rings is 2. The van der Waals surface area contributed by atoms with Crippen LogP contribution in [0.2, 0.25) is 0 Å². The van der Waals surface area contributed by atoms with Crippen LogP contribution in [0.4, 0.5) is 15.4 Å². The van der Waals surface area contributed by atoms with Crippen molar-refractivity contribution in [2.24, 2.45) is 5.10 Å². The Morgan fingerprint density at radius 2 is 1.91 bits per heavy atom. The summed E-state index contributed by atoms with van der Waals surface area (Å²) in [6.07, 6.45) is 1.17. The Morgan fingerprint density at radius 3 is 2.69 bits per heavy atom. The molecule has 5 aromatic rings. The van der Waals surface area contributed by atoms with Crippen LogP contribution in [0.5, 0.6) is 0 Å². The largest absolute Gasteiger partial charge is 0.433 e. The topological polar surface area (TPSA) is 115 Å². The zero-order valence-electron chi connectivity index (χ0n) is 15.8. The van der Waals surface area contributed by atoms with Crippen molar-refractivity contribution >= 4 is 66.2 Å². The standard InChI is InChI=1S/C20H10FN5O4S2/c21-11-5-7-14-16(9-11)32-20(24-14)25(22-10-12-6-8-17(30-12)26(28)29)19(27)18-23-13-3-1-2-4-15(13)31-18/h1-10H/b22-10+. The van der Waals surface area contributed by atoms with Crippen LogP contribution in [0.25, 0.3) is 20.4 Å². The highest BCUT2D eigenvalue weighted by Gasteiger charge is 2.24. The summed E-state index contributed by atoms with van der Waals surface area (Å²) in [6, 6.07) is 13.9. The maximum atomic E-state index is 13.6. The van der Waals surface area contributed by atoms with Gasteiger partial charge in [0, 0.05) is 0 Å². The maximum absolute atomic E-state index is 13.6. The predicted molar refractivity (Wildman–Crippen MR) is 119 cm³/mol. The van der Waals surface area contributed by atoms with Gasteiger partial charge < -0.3 is 4.42 Å². The van der Waals surface area contributed by atoms with E-state index in [1.54, 1.807) is 6.07 Å². The van der Waals surface area contributed by atoms with E-state index < -0.39 is 22.5 Å². The molecule has 0 bridgehead atoms. The van der Waals surface area contributed by atoms with Crippen LogP contribution < -0.4 is 5.01 Å². The van der Waals surface area contributed by atoms with E-state index in [0.717, 1.165) is 21.0 Å². The molecule has 0 fully saturated rings.